The largest absolute Gasteiger partial charge is 0.376 e. The second-order valence-corrected chi connectivity index (χ2v) is 3.72. The Kier molecular flexibility index (Phi) is 1.63. The van der Waals surface area contributed by atoms with E-state index in [1.807, 2.05) is 0 Å². The number of aromatic amines is 1. The topological polar surface area (TPSA) is 49.9 Å². The Morgan fingerprint density at radius 1 is 1.38 bits per heavy atom. The van der Waals surface area contributed by atoms with Crippen LogP contribution < -0.4 is 5.32 Å². The molecule has 2 N–H and O–H groups in total. The number of hydrogen-bond donors (Lipinski definition) is 2. The highest BCUT2D eigenvalue weighted by atomic mass is 16.5. The predicted molar refractivity (Wildman–Crippen MR) is 47.6 cm³/mol. The fourth-order valence-electron chi connectivity index (χ4n) is 1.95. The van der Waals surface area contributed by atoms with Crippen molar-refractivity contribution in [1.29, 1.82) is 0 Å². The van der Waals surface area contributed by atoms with E-state index in [4.69, 9.17) is 4.74 Å². The van der Waals surface area contributed by atoms with Crippen LogP contribution in [0.4, 0.5) is 0 Å². The van der Waals surface area contributed by atoms with Gasteiger partial charge in [0.25, 0.3) is 0 Å². The van der Waals surface area contributed by atoms with Crippen LogP contribution in [0.3, 0.4) is 0 Å². The van der Waals surface area contributed by atoms with Crippen LogP contribution in [-0.2, 0) is 17.8 Å². The fraction of sp³-hybridized carbons (Fsp3) is 0.667. The minimum absolute atomic E-state index is 0.613. The number of fused-ring (bicyclic) bond motifs is 1. The van der Waals surface area contributed by atoms with Crippen LogP contribution in [-0.4, -0.2) is 29.9 Å². The molecule has 0 spiro atoms. The number of ether oxygens (including phenoxy) is 1. The molecule has 1 saturated heterocycles. The molecule has 0 bridgehead atoms. The maximum absolute atomic E-state index is 5.43. The molecule has 0 aromatic carbocycles. The summed E-state index contributed by atoms with van der Waals surface area (Å²) in [6.45, 7) is 3.71. The SMILES string of the molecule is C1Cc2[nH]nc(C3CNC3)c2CO1. The second kappa shape index (κ2) is 2.82. The predicted octanol–water partition coefficient (Wildman–Crippen LogP) is 0.169. The zero-order chi connectivity index (χ0) is 8.67. The molecule has 0 amide bonds. The van der Waals surface area contributed by atoms with Gasteiger partial charge in [0.05, 0.1) is 18.9 Å². The van der Waals surface area contributed by atoms with Gasteiger partial charge in [0.15, 0.2) is 0 Å². The summed E-state index contributed by atoms with van der Waals surface area (Å²) < 4.78 is 5.43. The van der Waals surface area contributed by atoms with Crippen molar-refractivity contribution in [2.24, 2.45) is 0 Å². The van der Waals surface area contributed by atoms with E-state index in [1.54, 1.807) is 0 Å². The summed E-state index contributed by atoms with van der Waals surface area (Å²) >= 11 is 0. The van der Waals surface area contributed by atoms with E-state index in [0.717, 1.165) is 32.7 Å². The Morgan fingerprint density at radius 3 is 3.08 bits per heavy atom. The molecular weight excluding hydrogens is 166 g/mol. The van der Waals surface area contributed by atoms with E-state index in [2.05, 4.69) is 15.5 Å². The van der Waals surface area contributed by atoms with Crippen molar-refractivity contribution < 1.29 is 4.74 Å². The highest BCUT2D eigenvalue weighted by Gasteiger charge is 2.27. The van der Waals surface area contributed by atoms with Crippen molar-refractivity contribution in [2.45, 2.75) is 18.9 Å². The number of H-pyrrole nitrogens is 1. The summed E-state index contributed by atoms with van der Waals surface area (Å²) in [4.78, 5) is 0. The van der Waals surface area contributed by atoms with Gasteiger partial charge < -0.3 is 10.1 Å². The van der Waals surface area contributed by atoms with E-state index in [1.165, 1.54) is 17.0 Å². The van der Waals surface area contributed by atoms with Gasteiger partial charge in [-0.3, -0.25) is 5.10 Å². The van der Waals surface area contributed by atoms with E-state index < -0.39 is 0 Å². The molecule has 70 valence electrons. The molecule has 13 heavy (non-hydrogen) atoms. The zero-order valence-electron chi connectivity index (χ0n) is 7.47. The summed E-state index contributed by atoms with van der Waals surface area (Å²) in [7, 11) is 0. The molecular formula is C9H13N3O. The maximum atomic E-state index is 5.43. The summed E-state index contributed by atoms with van der Waals surface area (Å²) in [5, 5.41) is 10.8. The van der Waals surface area contributed by atoms with Crippen LogP contribution in [0.1, 0.15) is 22.9 Å². The Labute approximate surface area is 76.7 Å². The molecule has 4 heteroatoms. The normalized spacial score (nSPS) is 22.5. The highest BCUT2D eigenvalue weighted by molar-refractivity contribution is 5.30. The number of rotatable bonds is 1. The average molecular weight is 179 g/mol. The molecule has 3 rings (SSSR count). The van der Waals surface area contributed by atoms with E-state index in [-0.39, 0.29) is 0 Å². The van der Waals surface area contributed by atoms with Crippen LogP contribution in [0, 0.1) is 0 Å². The van der Waals surface area contributed by atoms with Gasteiger partial charge in [-0.2, -0.15) is 5.10 Å². The lowest BCUT2D eigenvalue weighted by Gasteiger charge is -2.27. The molecule has 0 saturated carbocycles. The van der Waals surface area contributed by atoms with Crippen molar-refractivity contribution in [3.63, 3.8) is 0 Å². The molecule has 0 atom stereocenters. The van der Waals surface area contributed by atoms with Crippen molar-refractivity contribution in [1.82, 2.24) is 15.5 Å². The summed E-state index contributed by atoms with van der Waals surface area (Å²) in [5.41, 5.74) is 3.83. The molecule has 0 aliphatic carbocycles. The maximum Gasteiger partial charge on any atom is 0.0753 e. The smallest absolute Gasteiger partial charge is 0.0753 e. The number of nitrogens with zero attached hydrogens (tertiary/aromatic N) is 1. The van der Waals surface area contributed by atoms with Gasteiger partial charge in [0.2, 0.25) is 0 Å². The lowest BCUT2D eigenvalue weighted by Crippen LogP contribution is -2.40. The highest BCUT2D eigenvalue weighted by Crippen LogP contribution is 2.26. The third-order valence-corrected chi connectivity index (χ3v) is 2.90. The molecule has 3 heterocycles. The van der Waals surface area contributed by atoms with Gasteiger partial charge in [-0.05, 0) is 0 Å². The molecule has 2 aliphatic heterocycles. The first-order valence-corrected chi connectivity index (χ1v) is 4.79. The summed E-state index contributed by atoms with van der Waals surface area (Å²) in [5.74, 6) is 0.613. The summed E-state index contributed by atoms with van der Waals surface area (Å²) in [6.07, 6.45) is 0.989. The first kappa shape index (κ1) is 7.53. The zero-order valence-corrected chi connectivity index (χ0v) is 7.47. The Bertz CT molecular complexity index is 317. The monoisotopic (exact) mass is 179 g/mol. The van der Waals surface area contributed by atoms with Crippen molar-refractivity contribution in [2.75, 3.05) is 19.7 Å². The van der Waals surface area contributed by atoms with Crippen molar-refractivity contribution in [3.05, 3.63) is 17.0 Å². The van der Waals surface area contributed by atoms with Crippen LogP contribution in [0.25, 0.3) is 0 Å². The van der Waals surface area contributed by atoms with Crippen LogP contribution in [0.2, 0.25) is 0 Å². The summed E-state index contributed by atoms with van der Waals surface area (Å²) in [6, 6.07) is 0. The number of aromatic nitrogens is 2. The van der Waals surface area contributed by atoms with Gasteiger partial charge >= 0.3 is 0 Å². The van der Waals surface area contributed by atoms with Gasteiger partial charge in [0.1, 0.15) is 0 Å². The quantitative estimate of drug-likeness (QED) is 0.646. The van der Waals surface area contributed by atoms with Gasteiger partial charge in [0, 0.05) is 36.7 Å². The Hall–Kier alpha value is -0.870. The molecule has 1 fully saturated rings. The fourth-order valence-corrected chi connectivity index (χ4v) is 1.95. The first-order chi connectivity index (χ1) is 6.45. The van der Waals surface area contributed by atoms with Crippen molar-refractivity contribution in [3.8, 4) is 0 Å². The minimum atomic E-state index is 0.613. The molecule has 1 aromatic heterocycles. The Balaban J connectivity index is 1.95. The number of hydrogen-bond acceptors (Lipinski definition) is 3. The lowest BCUT2D eigenvalue weighted by atomic mass is 9.94. The third-order valence-electron chi connectivity index (χ3n) is 2.90. The van der Waals surface area contributed by atoms with Crippen molar-refractivity contribution >= 4 is 0 Å². The minimum Gasteiger partial charge on any atom is -0.376 e. The number of nitrogens with one attached hydrogen (secondary N) is 2. The molecule has 4 nitrogen and oxygen atoms in total. The van der Waals surface area contributed by atoms with Gasteiger partial charge in [-0.15, -0.1) is 0 Å². The first-order valence-electron chi connectivity index (χ1n) is 4.79. The van der Waals surface area contributed by atoms with E-state index >= 15 is 0 Å². The Morgan fingerprint density at radius 2 is 2.31 bits per heavy atom. The van der Waals surface area contributed by atoms with Crippen LogP contribution in [0.5, 0.6) is 0 Å². The molecule has 2 aliphatic rings. The van der Waals surface area contributed by atoms with E-state index in [9.17, 15) is 0 Å². The van der Waals surface area contributed by atoms with Crippen LogP contribution >= 0.6 is 0 Å². The van der Waals surface area contributed by atoms with Crippen LogP contribution in [0.15, 0.2) is 0 Å². The van der Waals surface area contributed by atoms with Gasteiger partial charge in [-0.1, -0.05) is 0 Å². The average Bonchev–Trinajstić information content (AvgIpc) is 2.47. The van der Waals surface area contributed by atoms with E-state index in [0.29, 0.717) is 5.92 Å². The standard InChI is InChI=1S/C9H13N3O/c1-2-13-5-7-8(1)11-12-9(7)6-3-10-4-6/h6,10H,1-5H2,(H,11,12). The van der Waals surface area contributed by atoms with Gasteiger partial charge in [-0.25, -0.2) is 0 Å². The second-order valence-electron chi connectivity index (χ2n) is 3.72. The molecule has 0 radical (unpaired) electrons. The molecule has 0 unspecified atom stereocenters. The lowest BCUT2D eigenvalue weighted by molar-refractivity contribution is 0.109. The molecule has 1 aromatic rings. The third kappa shape index (κ3) is 1.09.